The van der Waals surface area contributed by atoms with E-state index < -0.39 is 0 Å². The lowest BCUT2D eigenvalue weighted by atomic mass is 9.71. The number of hydrogen-bond donors (Lipinski definition) is 1. The molecular weight excluding hydrogens is 242 g/mol. The van der Waals surface area contributed by atoms with Gasteiger partial charge < -0.3 is 5.32 Å². The normalized spacial score (nSPS) is 23.2. The maximum Gasteiger partial charge on any atom is 0.0323 e. The van der Waals surface area contributed by atoms with Crippen LogP contribution in [0.4, 0.5) is 0 Å². The molecular formula is C19H31N. The van der Waals surface area contributed by atoms with Gasteiger partial charge in [0.05, 0.1) is 0 Å². The van der Waals surface area contributed by atoms with Gasteiger partial charge in [-0.05, 0) is 47.3 Å². The summed E-state index contributed by atoms with van der Waals surface area (Å²) in [4.78, 5) is 0. The van der Waals surface area contributed by atoms with Crippen LogP contribution in [0, 0.1) is 11.3 Å². The van der Waals surface area contributed by atoms with Crippen molar-refractivity contribution >= 4 is 0 Å². The van der Waals surface area contributed by atoms with E-state index in [0.29, 0.717) is 22.8 Å². The number of hydrogen-bond acceptors (Lipinski definition) is 1. The fraction of sp³-hybridized carbons (Fsp3) is 0.684. The molecule has 0 aliphatic heterocycles. The van der Waals surface area contributed by atoms with Gasteiger partial charge in [0.25, 0.3) is 0 Å². The Morgan fingerprint density at radius 1 is 1.25 bits per heavy atom. The van der Waals surface area contributed by atoms with Crippen LogP contribution in [-0.2, 0) is 5.41 Å². The Balaban J connectivity index is 2.12. The van der Waals surface area contributed by atoms with Crippen LogP contribution >= 0.6 is 0 Å². The molecule has 20 heavy (non-hydrogen) atoms. The molecule has 0 radical (unpaired) electrons. The summed E-state index contributed by atoms with van der Waals surface area (Å²) < 4.78 is 0. The molecule has 1 aromatic rings. The van der Waals surface area contributed by atoms with Gasteiger partial charge in [0.1, 0.15) is 0 Å². The quantitative estimate of drug-likeness (QED) is 0.810. The molecule has 1 aliphatic rings. The fourth-order valence-corrected chi connectivity index (χ4v) is 3.05. The fourth-order valence-electron chi connectivity index (χ4n) is 3.05. The van der Waals surface area contributed by atoms with E-state index in [1.165, 1.54) is 24.0 Å². The number of nitrogens with one attached hydrogen (secondary N) is 1. The van der Waals surface area contributed by atoms with Crippen LogP contribution < -0.4 is 5.32 Å². The van der Waals surface area contributed by atoms with E-state index >= 15 is 0 Å². The molecule has 0 spiro atoms. The van der Waals surface area contributed by atoms with Gasteiger partial charge in [-0.3, -0.25) is 0 Å². The van der Waals surface area contributed by atoms with Crippen LogP contribution in [0.3, 0.4) is 0 Å². The first-order valence-corrected chi connectivity index (χ1v) is 8.04. The third-order valence-electron chi connectivity index (χ3n) is 5.27. The van der Waals surface area contributed by atoms with Gasteiger partial charge in [-0.2, -0.15) is 0 Å². The molecule has 0 saturated heterocycles. The Bertz CT molecular complexity index is 453. The van der Waals surface area contributed by atoms with Crippen LogP contribution in [-0.4, -0.2) is 6.54 Å². The van der Waals surface area contributed by atoms with E-state index in [9.17, 15) is 0 Å². The highest BCUT2D eigenvalue weighted by Gasteiger charge is 2.32. The van der Waals surface area contributed by atoms with Crippen molar-refractivity contribution in [3.05, 3.63) is 35.4 Å². The molecule has 1 aromatic carbocycles. The van der Waals surface area contributed by atoms with E-state index in [-0.39, 0.29) is 0 Å². The molecule has 1 aliphatic carbocycles. The standard InChI is InChI=1S/C19H31N/c1-14(18(2,3)4)13-20-17-11-12-19(5,6)16-10-8-7-9-15(16)17/h7-10,14,17,20H,11-13H2,1-6H3. The lowest BCUT2D eigenvalue weighted by Gasteiger charge is -2.38. The molecule has 1 heteroatoms. The maximum atomic E-state index is 3.82. The molecule has 0 heterocycles. The maximum absolute atomic E-state index is 3.82. The first-order valence-electron chi connectivity index (χ1n) is 8.04. The highest BCUT2D eigenvalue weighted by atomic mass is 14.9. The van der Waals surface area contributed by atoms with Crippen molar-refractivity contribution in [3.8, 4) is 0 Å². The molecule has 112 valence electrons. The second kappa shape index (κ2) is 5.52. The van der Waals surface area contributed by atoms with Crippen molar-refractivity contribution in [2.24, 2.45) is 11.3 Å². The zero-order valence-electron chi connectivity index (χ0n) is 14.1. The Kier molecular flexibility index (Phi) is 4.30. The second-order valence-electron chi connectivity index (χ2n) is 8.24. The van der Waals surface area contributed by atoms with Crippen molar-refractivity contribution < 1.29 is 0 Å². The summed E-state index contributed by atoms with van der Waals surface area (Å²) in [5.74, 6) is 0.685. The molecule has 0 fully saturated rings. The van der Waals surface area contributed by atoms with Crippen LogP contribution in [0.5, 0.6) is 0 Å². The highest BCUT2D eigenvalue weighted by Crippen LogP contribution is 2.41. The number of fused-ring (bicyclic) bond motifs is 1. The van der Waals surface area contributed by atoms with Gasteiger partial charge in [0.15, 0.2) is 0 Å². The van der Waals surface area contributed by atoms with Gasteiger partial charge in [0.2, 0.25) is 0 Å². The first-order chi connectivity index (χ1) is 9.22. The molecule has 0 amide bonds. The Morgan fingerprint density at radius 2 is 1.90 bits per heavy atom. The number of rotatable bonds is 3. The molecule has 1 nitrogen and oxygen atoms in total. The molecule has 2 rings (SSSR count). The Hall–Kier alpha value is -0.820. The van der Waals surface area contributed by atoms with Crippen LogP contribution in [0.25, 0.3) is 0 Å². The van der Waals surface area contributed by atoms with Gasteiger partial charge in [0, 0.05) is 6.04 Å². The van der Waals surface area contributed by atoms with Crippen LogP contribution in [0.2, 0.25) is 0 Å². The monoisotopic (exact) mass is 273 g/mol. The van der Waals surface area contributed by atoms with Crippen molar-refractivity contribution in [1.82, 2.24) is 5.32 Å². The smallest absolute Gasteiger partial charge is 0.0323 e. The van der Waals surface area contributed by atoms with Gasteiger partial charge in [-0.15, -0.1) is 0 Å². The summed E-state index contributed by atoms with van der Waals surface area (Å²) in [5.41, 5.74) is 3.75. The summed E-state index contributed by atoms with van der Waals surface area (Å²) in [6.07, 6.45) is 2.52. The van der Waals surface area contributed by atoms with E-state index in [2.05, 4.69) is 71.1 Å². The zero-order valence-corrected chi connectivity index (χ0v) is 14.1. The predicted molar refractivity (Wildman–Crippen MR) is 88.1 cm³/mol. The van der Waals surface area contributed by atoms with E-state index in [4.69, 9.17) is 0 Å². The molecule has 0 saturated carbocycles. The van der Waals surface area contributed by atoms with Crippen molar-refractivity contribution in [3.63, 3.8) is 0 Å². The summed E-state index contributed by atoms with van der Waals surface area (Å²) in [7, 11) is 0. The first kappa shape index (κ1) is 15.6. The van der Waals surface area contributed by atoms with E-state index in [1.807, 2.05) is 0 Å². The van der Waals surface area contributed by atoms with E-state index in [1.54, 1.807) is 0 Å². The average Bonchev–Trinajstić information content (AvgIpc) is 2.36. The minimum atomic E-state index is 0.324. The molecule has 0 bridgehead atoms. The molecule has 1 N–H and O–H groups in total. The van der Waals surface area contributed by atoms with E-state index in [0.717, 1.165) is 6.54 Å². The van der Waals surface area contributed by atoms with Gasteiger partial charge in [-0.1, -0.05) is 65.8 Å². The second-order valence-corrected chi connectivity index (χ2v) is 8.24. The lowest BCUT2D eigenvalue weighted by Crippen LogP contribution is -2.36. The summed E-state index contributed by atoms with van der Waals surface area (Å²) in [6, 6.07) is 9.53. The summed E-state index contributed by atoms with van der Waals surface area (Å²) in [5, 5.41) is 3.82. The molecule has 0 aromatic heterocycles. The van der Waals surface area contributed by atoms with Gasteiger partial charge >= 0.3 is 0 Å². The van der Waals surface area contributed by atoms with Crippen molar-refractivity contribution in [1.29, 1.82) is 0 Å². The summed E-state index contributed by atoms with van der Waals surface area (Å²) in [6.45, 7) is 15.2. The van der Waals surface area contributed by atoms with Crippen LogP contribution in [0.15, 0.2) is 24.3 Å². The minimum Gasteiger partial charge on any atom is -0.310 e. The summed E-state index contributed by atoms with van der Waals surface area (Å²) >= 11 is 0. The SMILES string of the molecule is CC(CNC1CCC(C)(C)c2ccccc21)C(C)(C)C. The van der Waals surface area contributed by atoms with Crippen molar-refractivity contribution in [2.45, 2.75) is 65.8 Å². The molecule has 2 atom stereocenters. The zero-order chi connectivity index (χ0) is 15.0. The van der Waals surface area contributed by atoms with Gasteiger partial charge in [-0.25, -0.2) is 0 Å². The topological polar surface area (TPSA) is 12.0 Å². The lowest BCUT2D eigenvalue weighted by molar-refractivity contribution is 0.237. The highest BCUT2D eigenvalue weighted by molar-refractivity contribution is 5.38. The van der Waals surface area contributed by atoms with Crippen molar-refractivity contribution in [2.75, 3.05) is 6.54 Å². The Labute approximate surface area is 125 Å². The third-order valence-corrected chi connectivity index (χ3v) is 5.27. The average molecular weight is 273 g/mol. The molecule has 2 unspecified atom stereocenters. The van der Waals surface area contributed by atoms with Crippen LogP contribution in [0.1, 0.15) is 71.6 Å². The minimum absolute atomic E-state index is 0.324. The predicted octanol–water partition coefficient (Wildman–Crippen LogP) is 5.07. The third kappa shape index (κ3) is 3.25. The Morgan fingerprint density at radius 3 is 2.55 bits per heavy atom. The largest absolute Gasteiger partial charge is 0.310 e. The number of benzene rings is 1.